The van der Waals surface area contributed by atoms with Crippen LogP contribution in [0.5, 0.6) is 0 Å². The fourth-order valence-corrected chi connectivity index (χ4v) is 0.847. The fourth-order valence-electron chi connectivity index (χ4n) is 0.847. The SMILES string of the molecule is C=C/C=C/C(C(=O)O)=C(\N/C=C/C)C(=O)O. The maximum absolute atomic E-state index is 10.8. The van der Waals surface area contributed by atoms with Crippen molar-refractivity contribution < 1.29 is 19.8 Å². The Balaban J connectivity index is 5.42. The van der Waals surface area contributed by atoms with Crippen LogP contribution in [0.3, 0.4) is 0 Å². The molecule has 0 aliphatic heterocycles. The third-order valence-corrected chi connectivity index (χ3v) is 1.51. The number of carboxylic acid groups (broad SMARTS) is 2. The van der Waals surface area contributed by atoms with Gasteiger partial charge in [0.15, 0.2) is 0 Å². The number of carboxylic acids is 2. The molecule has 0 rings (SSSR count). The Kier molecular flexibility index (Phi) is 6.04. The number of allylic oxidation sites excluding steroid dienone is 3. The molecule has 0 fully saturated rings. The van der Waals surface area contributed by atoms with Gasteiger partial charge in [0.2, 0.25) is 0 Å². The number of hydrogen-bond acceptors (Lipinski definition) is 3. The second kappa shape index (κ2) is 7.05. The van der Waals surface area contributed by atoms with Crippen molar-refractivity contribution >= 4 is 11.9 Å². The van der Waals surface area contributed by atoms with Crippen LogP contribution in [-0.4, -0.2) is 22.2 Å². The number of carbonyl (C=O) groups is 2. The lowest BCUT2D eigenvalue weighted by Crippen LogP contribution is -2.20. The summed E-state index contributed by atoms with van der Waals surface area (Å²) < 4.78 is 0. The lowest BCUT2D eigenvalue weighted by atomic mass is 10.2. The van der Waals surface area contributed by atoms with Crippen LogP contribution < -0.4 is 5.32 Å². The molecule has 0 aromatic carbocycles. The maximum atomic E-state index is 10.8. The molecule has 0 amide bonds. The van der Waals surface area contributed by atoms with E-state index in [1.807, 2.05) is 0 Å². The van der Waals surface area contributed by atoms with E-state index in [1.165, 1.54) is 18.4 Å². The van der Waals surface area contributed by atoms with Crippen molar-refractivity contribution in [2.24, 2.45) is 0 Å². The molecule has 0 unspecified atom stereocenters. The predicted octanol–water partition coefficient (Wildman–Crippen LogP) is 1.28. The number of hydrogen-bond donors (Lipinski definition) is 3. The van der Waals surface area contributed by atoms with Crippen LogP contribution >= 0.6 is 0 Å². The molecule has 0 spiro atoms. The van der Waals surface area contributed by atoms with E-state index in [0.29, 0.717) is 0 Å². The highest BCUT2D eigenvalue weighted by Crippen LogP contribution is 2.05. The van der Waals surface area contributed by atoms with E-state index in [-0.39, 0.29) is 5.57 Å². The molecule has 3 N–H and O–H groups in total. The summed E-state index contributed by atoms with van der Waals surface area (Å²) in [5, 5.41) is 20.1. The van der Waals surface area contributed by atoms with E-state index in [0.717, 1.165) is 6.08 Å². The molecule has 5 nitrogen and oxygen atoms in total. The molecule has 0 aromatic heterocycles. The summed E-state index contributed by atoms with van der Waals surface area (Å²) in [6.45, 7) is 5.05. The number of nitrogens with one attached hydrogen (secondary N) is 1. The van der Waals surface area contributed by atoms with Gasteiger partial charge in [0.1, 0.15) is 5.70 Å². The van der Waals surface area contributed by atoms with Crippen molar-refractivity contribution in [1.29, 1.82) is 0 Å². The fraction of sp³-hybridized carbons (Fsp3) is 0.0909. The average Bonchev–Trinajstić information content (AvgIpc) is 2.21. The standard InChI is InChI=1S/C11H13NO4/c1-3-5-6-8(10(13)14)9(11(15)16)12-7-4-2/h3-7,12H,1H2,2H3,(H,13,14)(H,15,16)/b6-5+,7-4+,9-8+. The third kappa shape index (κ3) is 4.28. The number of rotatable bonds is 6. The first-order chi connectivity index (χ1) is 7.54. The molecule has 0 heterocycles. The molecule has 16 heavy (non-hydrogen) atoms. The van der Waals surface area contributed by atoms with Gasteiger partial charge in [0.05, 0.1) is 5.57 Å². The van der Waals surface area contributed by atoms with Gasteiger partial charge in [0, 0.05) is 0 Å². The molecule has 0 aliphatic rings. The van der Waals surface area contributed by atoms with Gasteiger partial charge < -0.3 is 15.5 Å². The Labute approximate surface area is 93.1 Å². The van der Waals surface area contributed by atoms with E-state index in [2.05, 4.69) is 11.9 Å². The molecule has 0 bridgehead atoms. The molecule has 0 saturated heterocycles. The zero-order valence-corrected chi connectivity index (χ0v) is 8.80. The van der Waals surface area contributed by atoms with Gasteiger partial charge in [-0.2, -0.15) is 0 Å². The van der Waals surface area contributed by atoms with Crippen molar-refractivity contribution in [2.45, 2.75) is 6.92 Å². The zero-order valence-electron chi connectivity index (χ0n) is 8.80. The molecule has 0 atom stereocenters. The van der Waals surface area contributed by atoms with Gasteiger partial charge in [0.25, 0.3) is 0 Å². The van der Waals surface area contributed by atoms with Crippen LogP contribution in [0.15, 0.2) is 48.4 Å². The van der Waals surface area contributed by atoms with Crippen molar-refractivity contribution in [1.82, 2.24) is 5.32 Å². The Morgan fingerprint density at radius 2 is 1.88 bits per heavy atom. The average molecular weight is 223 g/mol. The van der Waals surface area contributed by atoms with Gasteiger partial charge >= 0.3 is 11.9 Å². The van der Waals surface area contributed by atoms with Gasteiger partial charge in [-0.3, -0.25) is 0 Å². The summed E-state index contributed by atoms with van der Waals surface area (Å²) in [6, 6.07) is 0. The third-order valence-electron chi connectivity index (χ3n) is 1.51. The van der Waals surface area contributed by atoms with Crippen LogP contribution in [0.1, 0.15) is 6.92 Å². The molecule has 0 aromatic rings. The molecule has 86 valence electrons. The second-order valence-electron chi connectivity index (χ2n) is 2.64. The van der Waals surface area contributed by atoms with Crippen LogP contribution in [0.2, 0.25) is 0 Å². The first kappa shape index (κ1) is 13.7. The molecule has 0 radical (unpaired) electrons. The molecular formula is C11H13NO4. The Morgan fingerprint density at radius 3 is 2.25 bits per heavy atom. The quantitative estimate of drug-likeness (QED) is 0.466. The van der Waals surface area contributed by atoms with Crippen molar-refractivity contribution in [2.75, 3.05) is 0 Å². The predicted molar refractivity (Wildman–Crippen MR) is 59.6 cm³/mol. The van der Waals surface area contributed by atoms with E-state index in [4.69, 9.17) is 10.2 Å². The summed E-state index contributed by atoms with van der Waals surface area (Å²) in [5.41, 5.74) is -0.741. The summed E-state index contributed by atoms with van der Waals surface area (Å²) in [5.74, 6) is -2.67. The Hall–Kier alpha value is -2.30. The van der Waals surface area contributed by atoms with Crippen molar-refractivity contribution in [3.05, 3.63) is 48.4 Å². The minimum absolute atomic E-state index is 0.342. The maximum Gasteiger partial charge on any atom is 0.353 e. The largest absolute Gasteiger partial charge is 0.478 e. The zero-order chi connectivity index (χ0) is 12.6. The van der Waals surface area contributed by atoms with E-state index < -0.39 is 17.6 Å². The summed E-state index contributed by atoms with van der Waals surface area (Å²) in [7, 11) is 0. The Morgan fingerprint density at radius 1 is 1.25 bits per heavy atom. The van der Waals surface area contributed by atoms with Crippen LogP contribution in [-0.2, 0) is 9.59 Å². The summed E-state index contributed by atoms with van der Waals surface area (Å²) in [6.07, 6.45) is 6.77. The summed E-state index contributed by atoms with van der Waals surface area (Å²) in [4.78, 5) is 21.7. The van der Waals surface area contributed by atoms with Gasteiger partial charge in [-0.25, -0.2) is 9.59 Å². The lowest BCUT2D eigenvalue weighted by molar-refractivity contribution is -0.135. The van der Waals surface area contributed by atoms with Crippen LogP contribution in [0.4, 0.5) is 0 Å². The first-order valence-electron chi connectivity index (χ1n) is 4.42. The minimum Gasteiger partial charge on any atom is -0.478 e. The van der Waals surface area contributed by atoms with Gasteiger partial charge in [-0.1, -0.05) is 24.8 Å². The van der Waals surface area contributed by atoms with E-state index in [1.54, 1.807) is 13.0 Å². The minimum atomic E-state index is -1.34. The lowest BCUT2D eigenvalue weighted by Gasteiger charge is -2.04. The first-order valence-corrected chi connectivity index (χ1v) is 4.42. The highest BCUT2D eigenvalue weighted by atomic mass is 16.4. The molecule has 0 saturated carbocycles. The Bertz CT molecular complexity index is 377. The van der Waals surface area contributed by atoms with E-state index in [9.17, 15) is 9.59 Å². The van der Waals surface area contributed by atoms with Gasteiger partial charge in [-0.05, 0) is 19.2 Å². The monoisotopic (exact) mass is 223 g/mol. The second-order valence-corrected chi connectivity index (χ2v) is 2.64. The van der Waals surface area contributed by atoms with Gasteiger partial charge in [-0.15, -0.1) is 0 Å². The highest BCUT2D eigenvalue weighted by molar-refractivity contribution is 6.00. The van der Waals surface area contributed by atoms with E-state index >= 15 is 0 Å². The van der Waals surface area contributed by atoms with Crippen LogP contribution in [0.25, 0.3) is 0 Å². The normalized spacial score (nSPS) is 12.6. The molecule has 0 aliphatic carbocycles. The van der Waals surface area contributed by atoms with Crippen molar-refractivity contribution in [3.8, 4) is 0 Å². The molecule has 5 heteroatoms. The molecular weight excluding hydrogens is 210 g/mol. The summed E-state index contributed by atoms with van der Waals surface area (Å²) >= 11 is 0. The van der Waals surface area contributed by atoms with Crippen LogP contribution in [0, 0.1) is 0 Å². The topological polar surface area (TPSA) is 86.6 Å². The van der Waals surface area contributed by atoms with Crippen molar-refractivity contribution in [3.63, 3.8) is 0 Å². The smallest absolute Gasteiger partial charge is 0.353 e. The highest BCUT2D eigenvalue weighted by Gasteiger charge is 2.16. The number of aliphatic carboxylic acids is 2.